The molecule has 9 nitrogen and oxygen atoms in total. The number of rotatable bonds is 5. The van der Waals surface area contributed by atoms with Crippen molar-refractivity contribution in [2.75, 3.05) is 11.9 Å². The zero-order chi connectivity index (χ0) is 14.0. The fourth-order valence-electron chi connectivity index (χ4n) is 1.65. The zero-order valence-corrected chi connectivity index (χ0v) is 11.3. The fraction of sp³-hybridized carbons (Fsp3) is 0.444. The van der Waals surface area contributed by atoms with Crippen LogP contribution in [-0.2, 0) is 15.8 Å². The first-order valence-corrected chi connectivity index (χ1v) is 7.14. The van der Waals surface area contributed by atoms with Crippen LogP contribution in [0.5, 0.6) is 0 Å². The van der Waals surface area contributed by atoms with Crippen LogP contribution in [0.25, 0.3) is 11.2 Å². The molecule has 0 saturated carbocycles. The van der Waals surface area contributed by atoms with E-state index in [4.69, 9.17) is 4.84 Å². The number of hydrogen-bond donors (Lipinski definition) is 3. The molecule has 10 heteroatoms. The smallest absolute Gasteiger partial charge is 0.340 e. The molecular weight excluding hydrogens is 273 g/mol. The maximum Gasteiger partial charge on any atom is 0.455 e. The molecule has 0 spiro atoms. The van der Waals surface area contributed by atoms with Gasteiger partial charge in [0.05, 0.1) is 13.4 Å². The third kappa shape index (κ3) is 2.74. The average molecular weight is 287 g/mol. The normalized spacial score (nSPS) is 12.0. The molecule has 2 aromatic heterocycles. The van der Waals surface area contributed by atoms with E-state index in [2.05, 4.69) is 19.9 Å². The molecule has 19 heavy (non-hydrogen) atoms. The van der Waals surface area contributed by atoms with Gasteiger partial charge in [0.1, 0.15) is 11.3 Å². The lowest BCUT2D eigenvalue weighted by molar-refractivity contribution is 0.184. The van der Waals surface area contributed by atoms with E-state index in [-0.39, 0.29) is 5.82 Å². The second kappa shape index (κ2) is 5.22. The number of aromatic amines is 1. The first kappa shape index (κ1) is 13.9. The molecule has 0 aromatic carbocycles. The van der Waals surface area contributed by atoms with Gasteiger partial charge in [0.15, 0.2) is 11.5 Å². The highest BCUT2D eigenvalue weighted by atomic mass is 31.2. The van der Waals surface area contributed by atoms with Gasteiger partial charge in [-0.15, -0.1) is 4.83 Å². The topological polar surface area (TPSA) is 124 Å². The minimum absolute atomic E-state index is 0.0261. The van der Waals surface area contributed by atoms with E-state index in [1.807, 2.05) is 6.92 Å². The standard InChI is InChI=1S/C9H14N5O4P/c1-3-4-6-12-8-7(10-5-11-8)9(13-6)14(18-2)19(15,16)17/h5H,3-4H2,1-2H3,(H2,15,16,17)(H,10,11,12,13). The molecular formula is C9H14N5O4P. The molecule has 3 N–H and O–H groups in total. The number of nitrogens with one attached hydrogen (secondary N) is 1. The van der Waals surface area contributed by atoms with Crippen LogP contribution in [-0.4, -0.2) is 36.8 Å². The van der Waals surface area contributed by atoms with Gasteiger partial charge in [-0.3, -0.25) is 4.84 Å². The molecule has 2 heterocycles. The lowest BCUT2D eigenvalue weighted by Gasteiger charge is -2.21. The first-order valence-electron chi connectivity index (χ1n) is 5.57. The summed E-state index contributed by atoms with van der Waals surface area (Å²) in [5.74, 6) is 0.425. The summed E-state index contributed by atoms with van der Waals surface area (Å²) in [6, 6.07) is 0. The molecule has 0 aliphatic rings. The zero-order valence-electron chi connectivity index (χ0n) is 10.4. The monoisotopic (exact) mass is 287 g/mol. The van der Waals surface area contributed by atoms with E-state index in [0.29, 0.717) is 28.2 Å². The largest absolute Gasteiger partial charge is 0.455 e. The van der Waals surface area contributed by atoms with Crippen LogP contribution in [0.3, 0.4) is 0 Å². The Morgan fingerprint density at radius 1 is 1.47 bits per heavy atom. The van der Waals surface area contributed by atoms with Gasteiger partial charge in [-0.05, 0) is 6.42 Å². The molecule has 2 rings (SSSR count). The highest BCUT2D eigenvalue weighted by molar-refractivity contribution is 7.53. The third-order valence-electron chi connectivity index (χ3n) is 2.38. The number of H-pyrrole nitrogens is 1. The molecule has 0 amide bonds. The van der Waals surface area contributed by atoms with E-state index in [1.54, 1.807) is 0 Å². The Bertz CT molecular complexity index is 624. The van der Waals surface area contributed by atoms with Gasteiger partial charge in [0, 0.05) is 6.42 Å². The van der Waals surface area contributed by atoms with Crippen molar-refractivity contribution in [1.29, 1.82) is 0 Å². The van der Waals surface area contributed by atoms with Crippen molar-refractivity contribution < 1.29 is 19.2 Å². The summed E-state index contributed by atoms with van der Waals surface area (Å²) in [6.45, 7) is 1.95. The molecule has 0 aliphatic carbocycles. The Hall–Kier alpha value is -1.54. The molecule has 0 unspecified atom stereocenters. The summed E-state index contributed by atoms with van der Waals surface area (Å²) in [6.07, 6.45) is 2.76. The Morgan fingerprint density at radius 3 is 2.79 bits per heavy atom. The summed E-state index contributed by atoms with van der Waals surface area (Å²) >= 11 is 0. The summed E-state index contributed by atoms with van der Waals surface area (Å²) in [5, 5.41) is 0. The molecule has 0 aliphatic heterocycles. The minimum atomic E-state index is -4.64. The van der Waals surface area contributed by atoms with Gasteiger partial charge in [-0.1, -0.05) is 6.92 Å². The van der Waals surface area contributed by atoms with Gasteiger partial charge in [-0.2, -0.15) is 0 Å². The van der Waals surface area contributed by atoms with Crippen LogP contribution in [0.2, 0.25) is 0 Å². The van der Waals surface area contributed by atoms with Crippen molar-refractivity contribution in [3.8, 4) is 0 Å². The second-order valence-electron chi connectivity index (χ2n) is 3.78. The molecule has 2 aromatic rings. The number of aryl methyl sites for hydroxylation is 1. The van der Waals surface area contributed by atoms with Crippen LogP contribution in [0.15, 0.2) is 6.33 Å². The summed E-state index contributed by atoms with van der Waals surface area (Å²) in [4.78, 5) is 38.8. The minimum Gasteiger partial charge on any atom is -0.340 e. The van der Waals surface area contributed by atoms with E-state index >= 15 is 0 Å². The predicted molar refractivity (Wildman–Crippen MR) is 67.2 cm³/mol. The van der Waals surface area contributed by atoms with E-state index in [0.717, 1.165) is 13.5 Å². The first-order chi connectivity index (χ1) is 8.97. The molecule has 0 bridgehead atoms. The lowest BCUT2D eigenvalue weighted by Crippen LogP contribution is -2.20. The van der Waals surface area contributed by atoms with Crippen molar-refractivity contribution in [2.24, 2.45) is 0 Å². The summed E-state index contributed by atoms with van der Waals surface area (Å²) in [7, 11) is -3.49. The molecule has 104 valence electrons. The van der Waals surface area contributed by atoms with Gasteiger partial charge in [0.25, 0.3) is 0 Å². The van der Waals surface area contributed by atoms with Gasteiger partial charge in [-0.25, -0.2) is 19.5 Å². The highest BCUT2D eigenvalue weighted by Crippen LogP contribution is 2.44. The number of fused-ring (bicyclic) bond motifs is 1. The average Bonchev–Trinajstić information content (AvgIpc) is 2.76. The number of nitrogens with zero attached hydrogens (tertiary/aromatic N) is 4. The van der Waals surface area contributed by atoms with Crippen molar-refractivity contribution in [1.82, 2.24) is 19.9 Å². The maximum atomic E-state index is 11.4. The van der Waals surface area contributed by atoms with E-state index < -0.39 is 7.75 Å². The number of anilines is 1. The second-order valence-corrected chi connectivity index (χ2v) is 5.17. The quantitative estimate of drug-likeness (QED) is 0.544. The van der Waals surface area contributed by atoms with Crippen molar-refractivity contribution in [2.45, 2.75) is 19.8 Å². The molecule has 0 fully saturated rings. The van der Waals surface area contributed by atoms with Gasteiger partial charge in [0.2, 0.25) is 0 Å². The van der Waals surface area contributed by atoms with Crippen LogP contribution < -0.4 is 4.83 Å². The summed E-state index contributed by atoms with van der Waals surface area (Å²) in [5.41, 5.74) is 0.647. The lowest BCUT2D eigenvalue weighted by atomic mass is 10.3. The van der Waals surface area contributed by atoms with Crippen LogP contribution >= 0.6 is 7.75 Å². The number of imidazole rings is 1. The molecule has 0 saturated heterocycles. The Labute approximate surface area is 108 Å². The number of hydrogen-bond acceptors (Lipinski definition) is 5. The van der Waals surface area contributed by atoms with Gasteiger partial charge < -0.3 is 14.8 Å². The molecule has 0 radical (unpaired) electrons. The SMILES string of the molecule is CCCc1nc(N(OC)P(=O)(O)O)c2[nH]cnc2n1. The van der Waals surface area contributed by atoms with E-state index in [9.17, 15) is 14.4 Å². The van der Waals surface area contributed by atoms with Crippen LogP contribution in [0.1, 0.15) is 19.2 Å². The fourth-order valence-corrected chi connectivity index (χ4v) is 2.26. The van der Waals surface area contributed by atoms with E-state index in [1.165, 1.54) is 6.33 Å². The number of aromatic nitrogens is 4. The Balaban J connectivity index is 2.62. The third-order valence-corrected chi connectivity index (χ3v) is 3.20. The predicted octanol–water partition coefficient (Wildman–Crippen LogP) is 0.766. The van der Waals surface area contributed by atoms with Gasteiger partial charge >= 0.3 is 7.75 Å². The highest BCUT2D eigenvalue weighted by Gasteiger charge is 2.30. The van der Waals surface area contributed by atoms with Crippen molar-refractivity contribution in [3.05, 3.63) is 12.2 Å². The molecule has 0 atom stereocenters. The summed E-state index contributed by atoms with van der Waals surface area (Å²) < 4.78 is 11.4. The van der Waals surface area contributed by atoms with Crippen LogP contribution in [0.4, 0.5) is 5.82 Å². The Morgan fingerprint density at radius 2 is 2.21 bits per heavy atom. The Kier molecular flexibility index (Phi) is 3.81. The maximum absolute atomic E-state index is 11.4. The van der Waals surface area contributed by atoms with Crippen molar-refractivity contribution >= 4 is 24.7 Å². The van der Waals surface area contributed by atoms with Crippen LogP contribution in [0, 0.1) is 0 Å². The van der Waals surface area contributed by atoms with Crippen molar-refractivity contribution in [3.63, 3.8) is 0 Å².